The highest BCUT2D eigenvalue weighted by Gasteiger charge is 2.32. The van der Waals surface area contributed by atoms with Crippen molar-refractivity contribution >= 4 is 27.7 Å². The van der Waals surface area contributed by atoms with Crippen LogP contribution in [0.4, 0.5) is 0 Å². The van der Waals surface area contributed by atoms with E-state index >= 15 is 0 Å². The summed E-state index contributed by atoms with van der Waals surface area (Å²) in [5.41, 5.74) is 3.17. The lowest BCUT2D eigenvalue weighted by molar-refractivity contribution is -0.143. The van der Waals surface area contributed by atoms with Crippen molar-refractivity contribution in [3.05, 3.63) is 100 Å². The lowest BCUT2D eigenvalue weighted by Crippen LogP contribution is -2.53. The summed E-state index contributed by atoms with van der Waals surface area (Å²) < 4.78 is 6.79. The van der Waals surface area contributed by atoms with E-state index in [1.807, 2.05) is 78.9 Å². The Morgan fingerprint density at radius 1 is 0.921 bits per heavy atom. The largest absolute Gasteiger partial charge is 0.483 e. The number of hydrogen-bond acceptors (Lipinski definition) is 3. The Labute approximate surface area is 234 Å². The predicted octanol–water partition coefficient (Wildman–Crippen LogP) is 6.48. The SMILES string of the molecule is CCc1ccc(OCC(=O)N(Cc2ccccc2)[C@H](Cc2ccccc2)C(=O)NC2CCCCC2)c(Br)c1. The van der Waals surface area contributed by atoms with Gasteiger partial charge in [0.05, 0.1) is 4.47 Å². The molecule has 200 valence electrons. The van der Waals surface area contributed by atoms with Crippen LogP contribution in [0.5, 0.6) is 5.75 Å². The van der Waals surface area contributed by atoms with Gasteiger partial charge in [-0.05, 0) is 64.0 Å². The lowest BCUT2D eigenvalue weighted by atomic mass is 9.94. The molecule has 0 unspecified atom stereocenters. The van der Waals surface area contributed by atoms with Gasteiger partial charge in [-0.1, -0.05) is 92.9 Å². The maximum atomic E-state index is 13.8. The standard InChI is InChI=1S/C32H37BrN2O3/c1-2-24-18-19-30(28(33)20-24)38-23-31(36)35(22-26-14-8-4-9-15-26)29(21-25-12-6-3-7-13-25)32(37)34-27-16-10-5-11-17-27/h3-4,6-9,12-15,18-20,27,29H,2,5,10-11,16-17,21-23H2,1H3,(H,34,37)/t29-/m1/s1. The van der Waals surface area contributed by atoms with Gasteiger partial charge in [0.15, 0.2) is 6.61 Å². The van der Waals surface area contributed by atoms with Crippen molar-refractivity contribution < 1.29 is 14.3 Å². The van der Waals surface area contributed by atoms with E-state index < -0.39 is 6.04 Å². The van der Waals surface area contributed by atoms with Crippen molar-refractivity contribution in [1.82, 2.24) is 10.2 Å². The second kappa shape index (κ2) is 14.1. The van der Waals surface area contributed by atoms with Gasteiger partial charge >= 0.3 is 0 Å². The van der Waals surface area contributed by atoms with Crippen LogP contribution in [0.3, 0.4) is 0 Å². The predicted molar refractivity (Wildman–Crippen MR) is 155 cm³/mol. The average molecular weight is 578 g/mol. The Morgan fingerprint density at radius 2 is 1.58 bits per heavy atom. The number of nitrogens with zero attached hydrogens (tertiary/aromatic N) is 1. The van der Waals surface area contributed by atoms with Crippen LogP contribution < -0.4 is 10.1 Å². The number of hydrogen-bond donors (Lipinski definition) is 1. The van der Waals surface area contributed by atoms with Crippen molar-refractivity contribution in [3.63, 3.8) is 0 Å². The zero-order chi connectivity index (χ0) is 26.7. The number of rotatable bonds is 11. The molecule has 0 saturated heterocycles. The Bertz CT molecular complexity index is 1180. The minimum Gasteiger partial charge on any atom is -0.483 e. The van der Waals surface area contributed by atoms with Crippen LogP contribution in [-0.4, -0.2) is 35.4 Å². The lowest BCUT2D eigenvalue weighted by Gasteiger charge is -2.33. The normalized spacial score (nSPS) is 14.5. The molecule has 1 fully saturated rings. The fourth-order valence-corrected chi connectivity index (χ4v) is 5.52. The summed E-state index contributed by atoms with van der Waals surface area (Å²) in [6.45, 7) is 2.27. The topological polar surface area (TPSA) is 58.6 Å². The Hall–Kier alpha value is -3.12. The van der Waals surface area contributed by atoms with Crippen LogP contribution in [-0.2, 0) is 29.0 Å². The van der Waals surface area contributed by atoms with Crippen LogP contribution in [0.15, 0.2) is 83.3 Å². The summed E-state index contributed by atoms with van der Waals surface area (Å²) in [6, 6.07) is 25.2. The smallest absolute Gasteiger partial charge is 0.261 e. The number of halogens is 1. The number of nitrogens with one attached hydrogen (secondary N) is 1. The fourth-order valence-electron chi connectivity index (χ4n) is 4.98. The number of aryl methyl sites for hydroxylation is 1. The second-order valence-corrected chi connectivity index (χ2v) is 10.8. The molecule has 5 nitrogen and oxygen atoms in total. The molecule has 3 aromatic rings. The molecule has 0 aromatic heterocycles. The van der Waals surface area contributed by atoms with E-state index in [0.717, 1.165) is 47.7 Å². The van der Waals surface area contributed by atoms with Crippen molar-refractivity contribution in [2.45, 2.75) is 70.5 Å². The van der Waals surface area contributed by atoms with Crippen LogP contribution in [0.25, 0.3) is 0 Å². The maximum absolute atomic E-state index is 13.8. The monoisotopic (exact) mass is 576 g/mol. The molecule has 0 aliphatic heterocycles. The Balaban J connectivity index is 1.59. The molecule has 0 radical (unpaired) electrons. The van der Waals surface area contributed by atoms with Crippen LogP contribution >= 0.6 is 15.9 Å². The second-order valence-electron chi connectivity index (χ2n) is 9.96. The van der Waals surface area contributed by atoms with Crippen molar-refractivity contribution in [1.29, 1.82) is 0 Å². The highest BCUT2D eigenvalue weighted by molar-refractivity contribution is 9.10. The van der Waals surface area contributed by atoms with E-state index in [1.54, 1.807) is 4.90 Å². The summed E-state index contributed by atoms with van der Waals surface area (Å²) in [4.78, 5) is 29.3. The van der Waals surface area contributed by atoms with Gasteiger partial charge in [-0.3, -0.25) is 9.59 Å². The summed E-state index contributed by atoms with van der Waals surface area (Å²) in [7, 11) is 0. The number of carbonyl (C=O) groups is 2. The highest BCUT2D eigenvalue weighted by Crippen LogP contribution is 2.27. The fraction of sp³-hybridized carbons (Fsp3) is 0.375. The zero-order valence-electron chi connectivity index (χ0n) is 22.1. The number of amides is 2. The molecule has 6 heteroatoms. The van der Waals surface area contributed by atoms with E-state index in [1.165, 1.54) is 12.0 Å². The van der Waals surface area contributed by atoms with Gasteiger partial charge in [-0.2, -0.15) is 0 Å². The summed E-state index contributed by atoms with van der Waals surface area (Å²) in [6.07, 6.45) is 6.79. The third-order valence-corrected chi connectivity index (χ3v) is 7.79. The van der Waals surface area contributed by atoms with Crippen LogP contribution in [0.1, 0.15) is 55.7 Å². The van der Waals surface area contributed by atoms with E-state index in [2.05, 4.69) is 28.2 Å². The van der Waals surface area contributed by atoms with Crippen LogP contribution in [0, 0.1) is 0 Å². The number of carbonyl (C=O) groups excluding carboxylic acids is 2. The molecule has 1 aliphatic carbocycles. The summed E-state index contributed by atoms with van der Waals surface area (Å²) >= 11 is 3.57. The summed E-state index contributed by atoms with van der Waals surface area (Å²) in [5.74, 6) is 0.292. The molecule has 0 heterocycles. The molecular formula is C32H37BrN2O3. The first-order valence-electron chi connectivity index (χ1n) is 13.6. The number of benzene rings is 3. The van der Waals surface area contributed by atoms with Gasteiger partial charge in [0.1, 0.15) is 11.8 Å². The first kappa shape index (κ1) is 27.9. The zero-order valence-corrected chi connectivity index (χ0v) is 23.7. The first-order chi connectivity index (χ1) is 18.5. The van der Waals surface area contributed by atoms with E-state index in [-0.39, 0.29) is 24.5 Å². The molecule has 38 heavy (non-hydrogen) atoms. The molecular weight excluding hydrogens is 540 g/mol. The molecule has 1 atom stereocenters. The summed E-state index contributed by atoms with van der Waals surface area (Å²) in [5, 5.41) is 3.27. The molecule has 0 bridgehead atoms. The average Bonchev–Trinajstić information content (AvgIpc) is 2.95. The third-order valence-electron chi connectivity index (χ3n) is 7.17. The quantitative estimate of drug-likeness (QED) is 0.284. The maximum Gasteiger partial charge on any atom is 0.261 e. The van der Waals surface area contributed by atoms with Gasteiger partial charge in [0, 0.05) is 19.0 Å². The Kier molecular flexibility index (Phi) is 10.4. The third kappa shape index (κ3) is 7.94. The van der Waals surface area contributed by atoms with Gasteiger partial charge < -0.3 is 15.0 Å². The molecule has 0 spiro atoms. The van der Waals surface area contributed by atoms with Gasteiger partial charge in [-0.15, -0.1) is 0 Å². The van der Waals surface area contributed by atoms with Crippen molar-refractivity contribution in [2.24, 2.45) is 0 Å². The van der Waals surface area contributed by atoms with E-state index in [9.17, 15) is 9.59 Å². The molecule has 2 amide bonds. The van der Waals surface area contributed by atoms with Crippen molar-refractivity contribution in [3.8, 4) is 5.75 Å². The molecule has 1 N–H and O–H groups in total. The molecule has 4 rings (SSSR count). The highest BCUT2D eigenvalue weighted by atomic mass is 79.9. The Morgan fingerprint density at radius 3 is 2.21 bits per heavy atom. The van der Waals surface area contributed by atoms with Gasteiger partial charge in [-0.25, -0.2) is 0 Å². The van der Waals surface area contributed by atoms with Crippen molar-refractivity contribution in [2.75, 3.05) is 6.61 Å². The molecule has 3 aromatic carbocycles. The van der Waals surface area contributed by atoms with E-state index in [4.69, 9.17) is 4.74 Å². The van der Waals surface area contributed by atoms with Crippen LogP contribution in [0.2, 0.25) is 0 Å². The molecule has 1 saturated carbocycles. The minimum atomic E-state index is -0.651. The number of ether oxygens (including phenoxy) is 1. The van der Waals surface area contributed by atoms with E-state index in [0.29, 0.717) is 18.7 Å². The van der Waals surface area contributed by atoms with Gasteiger partial charge in [0.25, 0.3) is 5.91 Å². The minimum absolute atomic E-state index is 0.0986. The molecule has 1 aliphatic rings. The van der Waals surface area contributed by atoms with Gasteiger partial charge in [0.2, 0.25) is 5.91 Å². The first-order valence-corrected chi connectivity index (χ1v) is 14.4.